The standard InChI is InChI=1S/C27H26ClN5O6/c1-16(24(34)35)17(2)33-26(36)31-25(32(27(33)37)15-18-4-6-19(28)7-5-18)30-20-8-10-21(11-9-20)39-22-12-13-23(38-3)29-14-22/h4-14,16-17H,15H2,1-3H3,(H,34,35)(H,30,31,36)/t16-,17+/m1/s1. The van der Waals surface area contributed by atoms with Crippen LogP contribution >= 0.6 is 11.6 Å². The molecule has 2 aromatic heterocycles. The maximum absolute atomic E-state index is 13.5. The van der Waals surface area contributed by atoms with Crippen LogP contribution < -0.4 is 26.5 Å². The quantitative estimate of drug-likeness (QED) is 0.323. The van der Waals surface area contributed by atoms with Crippen LogP contribution in [0.4, 0.5) is 5.69 Å². The van der Waals surface area contributed by atoms with E-state index in [1.54, 1.807) is 60.7 Å². The lowest BCUT2D eigenvalue weighted by Crippen LogP contribution is -2.52. The zero-order valence-corrected chi connectivity index (χ0v) is 22.1. The number of benzene rings is 2. The number of aliphatic carboxylic acids is 1. The lowest BCUT2D eigenvalue weighted by molar-refractivity contribution is -0.142. The topological polar surface area (TPSA) is 141 Å². The summed E-state index contributed by atoms with van der Waals surface area (Å²) in [7, 11) is 1.52. The third-order valence-electron chi connectivity index (χ3n) is 6.13. The molecule has 202 valence electrons. The van der Waals surface area contributed by atoms with Crippen molar-refractivity contribution >= 4 is 23.3 Å². The molecule has 0 saturated carbocycles. The second-order valence-corrected chi connectivity index (χ2v) is 9.17. The number of pyridine rings is 1. The number of hydrogen-bond acceptors (Lipinski definition) is 7. The number of aromatic nitrogens is 4. The summed E-state index contributed by atoms with van der Waals surface area (Å²) < 4.78 is 13.0. The van der Waals surface area contributed by atoms with Gasteiger partial charge in [-0.2, -0.15) is 0 Å². The van der Waals surface area contributed by atoms with E-state index < -0.39 is 29.3 Å². The molecule has 0 bridgehead atoms. The molecular formula is C27H26ClN5O6. The molecule has 39 heavy (non-hydrogen) atoms. The Morgan fingerprint density at radius 3 is 2.31 bits per heavy atom. The number of nitrogens with zero attached hydrogens (tertiary/aromatic N) is 4. The highest BCUT2D eigenvalue weighted by atomic mass is 35.5. The van der Waals surface area contributed by atoms with Gasteiger partial charge in [-0.1, -0.05) is 23.7 Å². The second-order valence-electron chi connectivity index (χ2n) is 8.73. The summed E-state index contributed by atoms with van der Waals surface area (Å²) in [5.74, 6) is -0.607. The average molecular weight is 552 g/mol. The van der Waals surface area contributed by atoms with Crippen LogP contribution in [0.15, 0.2) is 81.4 Å². The Bertz CT molecular complexity index is 1640. The molecule has 0 unspecified atom stereocenters. The van der Waals surface area contributed by atoms with Gasteiger partial charge in [0, 0.05) is 11.1 Å². The summed E-state index contributed by atoms with van der Waals surface area (Å²) >= 11 is 6.00. The van der Waals surface area contributed by atoms with Gasteiger partial charge in [-0.25, -0.2) is 24.1 Å². The molecule has 2 N–H and O–H groups in total. The summed E-state index contributed by atoms with van der Waals surface area (Å²) in [6.45, 7) is 3.01. The van der Waals surface area contributed by atoms with Crippen molar-refractivity contribution in [1.29, 1.82) is 0 Å². The fourth-order valence-corrected chi connectivity index (χ4v) is 3.84. The molecule has 0 saturated heterocycles. The van der Waals surface area contributed by atoms with Crippen molar-refractivity contribution in [3.63, 3.8) is 0 Å². The fraction of sp³-hybridized carbons (Fsp3) is 0.222. The van der Waals surface area contributed by atoms with E-state index in [2.05, 4.69) is 15.0 Å². The first-order chi connectivity index (χ1) is 18.7. The molecule has 0 radical (unpaired) electrons. The number of hydrogen-bond donors (Lipinski definition) is 2. The van der Waals surface area contributed by atoms with E-state index >= 15 is 0 Å². The predicted octanol–water partition coefficient (Wildman–Crippen LogP) is 3.75. The number of H-pyrrole nitrogens is 1. The Hall–Kier alpha value is -4.64. The highest BCUT2D eigenvalue weighted by molar-refractivity contribution is 6.30. The van der Waals surface area contributed by atoms with Gasteiger partial charge in [-0.15, -0.1) is 0 Å². The minimum Gasteiger partial charge on any atom is -0.481 e. The first kappa shape index (κ1) is 27.4. The Morgan fingerprint density at radius 1 is 1.05 bits per heavy atom. The van der Waals surface area contributed by atoms with Crippen LogP contribution in [0.25, 0.3) is 0 Å². The number of nitrogens with one attached hydrogen (secondary N) is 1. The third-order valence-corrected chi connectivity index (χ3v) is 6.38. The van der Waals surface area contributed by atoms with Crippen LogP contribution in [0.3, 0.4) is 0 Å². The van der Waals surface area contributed by atoms with Gasteiger partial charge in [0.1, 0.15) is 11.5 Å². The van der Waals surface area contributed by atoms with E-state index in [4.69, 9.17) is 21.1 Å². The second kappa shape index (κ2) is 11.8. The molecule has 0 aliphatic heterocycles. The number of carboxylic acids is 1. The van der Waals surface area contributed by atoms with Crippen molar-refractivity contribution < 1.29 is 19.4 Å². The average Bonchev–Trinajstić information content (AvgIpc) is 2.92. The summed E-state index contributed by atoms with van der Waals surface area (Å²) in [6, 6.07) is 16.0. The van der Waals surface area contributed by atoms with Crippen LogP contribution in [-0.2, 0) is 11.3 Å². The minimum atomic E-state index is -1.13. The highest BCUT2D eigenvalue weighted by Gasteiger charge is 2.25. The monoisotopic (exact) mass is 551 g/mol. The zero-order valence-electron chi connectivity index (χ0n) is 21.4. The van der Waals surface area contributed by atoms with E-state index in [0.29, 0.717) is 28.1 Å². The van der Waals surface area contributed by atoms with E-state index in [1.807, 2.05) is 0 Å². The van der Waals surface area contributed by atoms with Gasteiger partial charge in [0.2, 0.25) is 11.5 Å². The SMILES string of the molecule is COc1ccc(Oc2ccc(/N=c3\[nH]c(=O)n([C@@H](C)[C@@H](C)C(=O)O)c(=O)n3Cc3ccc(Cl)cc3)cc2)cn1. The van der Waals surface area contributed by atoms with Crippen LogP contribution in [0.5, 0.6) is 17.4 Å². The molecule has 2 aromatic carbocycles. The number of methoxy groups -OCH3 is 1. The molecule has 2 heterocycles. The molecule has 12 heteroatoms. The van der Waals surface area contributed by atoms with Crippen molar-refractivity contribution in [2.75, 3.05) is 7.11 Å². The van der Waals surface area contributed by atoms with Gasteiger partial charge >= 0.3 is 17.3 Å². The molecule has 0 fully saturated rings. The molecule has 0 spiro atoms. The summed E-state index contributed by atoms with van der Waals surface area (Å²) in [5, 5.41) is 9.96. The third kappa shape index (κ3) is 6.44. The highest BCUT2D eigenvalue weighted by Crippen LogP contribution is 2.24. The van der Waals surface area contributed by atoms with Crippen LogP contribution in [0.2, 0.25) is 5.02 Å². The van der Waals surface area contributed by atoms with Crippen LogP contribution in [0.1, 0.15) is 25.5 Å². The van der Waals surface area contributed by atoms with Crippen LogP contribution in [0, 0.1) is 5.92 Å². The number of carbonyl (C=O) groups is 1. The molecule has 2 atom stereocenters. The number of rotatable bonds is 9. The first-order valence-corrected chi connectivity index (χ1v) is 12.3. The Balaban J connectivity index is 1.74. The van der Waals surface area contributed by atoms with Crippen molar-refractivity contribution in [1.82, 2.24) is 19.1 Å². The number of halogens is 1. The zero-order chi connectivity index (χ0) is 28.1. The molecule has 0 amide bonds. The van der Waals surface area contributed by atoms with Crippen molar-refractivity contribution in [2.45, 2.75) is 26.4 Å². The molecule has 0 aliphatic rings. The lowest BCUT2D eigenvalue weighted by atomic mass is 10.0. The summed E-state index contributed by atoms with van der Waals surface area (Å²) in [5.41, 5.74) is -0.287. The number of carboxylic acid groups (broad SMARTS) is 1. The molecule has 4 rings (SSSR count). The maximum atomic E-state index is 13.5. The molecule has 0 aliphatic carbocycles. The van der Waals surface area contributed by atoms with E-state index in [9.17, 15) is 19.5 Å². The van der Waals surface area contributed by atoms with Crippen LogP contribution in [-0.4, -0.2) is 37.3 Å². The Morgan fingerprint density at radius 2 is 1.72 bits per heavy atom. The van der Waals surface area contributed by atoms with Gasteiger partial charge in [0.25, 0.3) is 0 Å². The lowest BCUT2D eigenvalue weighted by Gasteiger charge is -2.19. The normalized spacial score (nSPS) is 13.1. The smallest absolute Gasteiger partial charge is 0.335 e. The fourth-order valence-electron chi connectivity index (χ4n) is 3.72. The molecule has 11 nitrogen and oxygen atoms in total. The number of aromatic amines is 1. The van der Waals surface area contributed by atoms with E-state index in [0.717, 1.165) is 10.1 Å². The Kier molecular flexibility index (Phi) is 8.30. The first-order valence-electron chi connectivity index (χ1n) is 11.9. The summed E-state index contributed by atoms with van der Waals surface area (Å²) in [4.78, 5) is 49.3. The Labute approximate surface area is 227 Å². The predicted molar refractivity (Wildman–Crippen MR) is 144 cm³/mol. The molecule has 4 aromatic rings. The summed E-state index contributed by atoms with van der Waals surface area (Å²) in [6.07, 6.45) is 1.53. The van der Waals surface area contributed by atoms with Gasteiger partial charge in [0.05, 0.1) is 37.5 Å². The van der Waals surface area contributed by atoms with Gasteiger partial charge in [-0.3, -0.25) is 14.3 Å². The van der Waals surface area contributed by atoms with E-state index in [1.165, 1.54) is 31.7 Å². The van der Waals surface area contributed by atoms with E-state index in [-0.39, 0.29) is 12.2 Å². The minimum absolute atomic E-state index is 0.000555. The largest absolute Gasteiger partial charge is 0.481 e. The number of ether oxygens (including phenoxy) is 2. The van der Waals surface area contributed by atoms with Gasteiger partial charge in [-0.05, 0) is 61.9 Å². The van der Waals surface area contributed by atoms with Crippen molar-refractivity contribution in [3.05, 3.63) is 104 Å². The van der Waals surface area contributed by atoms with Crippen molar-refractivity contribution in [3.8, 4) is 17.4 Å². The maximum Gasteiger partial charge on any atom is 0.335 e. The van der Waals surface area contributed by atoms with Crippen molar-refractivity contribution in [2.24, 2.45) is 10.9 Å². The van der Waals surface area contributed by atoms with Gasteiger partial charge in [0.15, 0.2) is 0 Å². The van der Waals surface area contributed by atoms with Gasteiger partial charge < -0.3 is 14.6 Å². The molecular weight excluding hydrogens is 526 g/mol.